The number of rotatable bonds is 7. The monoisotopic (exact) mass is 431 g/mol. The van der Waals surface area contributed by atoms with E-state index in [1.165, 1.54) is 11.8 Å². The largest absolute Gasteiger partial charge is 0.486 e. The topological polar surface area (TPSA) is 40.2 Å². The SMILES string of the molecule is C=COOC(c1ccc(C)cc1)C1CCN(CC2COc3ccccc3O2)CC1.Cl. The second-order valence-corrected chi connectivity index (χ2v) is 7.83. The van der Waals surface area contributed by atoms with Crippen molar-refractivity contribution in [3.8, 4) is 11.5 Å². The minimum atomic E-state index is -0.0862. The molecule has 2 aliphatic rings. The Morgan fingerprint density at radius 2 is 1.80 bits per heavy atom. The molecule has 4 rings (SSSR count). The summed E-state index contributed by atoms with van der Waals surface area (Å²) < 4.78 is 12.0. The molecule has 2 atom stereocenters. The van der Waals surface area contributed by atoms with Gasteiger partial charge in [-0.15, -0.1) is 12.4 Å². The summed E-state index contributed by atoms with van der Waals surface area (Å²) in [6.45, 7) is 9.17. The fourth-order valence-corrected chi connectivity index (χ4v) is 4.14. The zero-order chi connectivity index (χ0) is 20.1. The number of halogens is 1. The van der Waals surface area contributed by atoms with Crippen molar-refractivity contribution < 1.29 is 19.2 Å². The maximum Gasteiger partial charge on any atom is 0.161 e. The Labute approximate surface area is 184 Å². The smallest absolute Gasteiger partial charge is 0.161 e. The molecule has 2 aromatic rings. The van der Waals surface area contributed by atoms with Gasteiger partial charge in [0.1, 0.15) is 25.1 Å². The summed E-state index contributed by atoms with van der Waals surface area (Å²) in [6.07, 6.45) is 3.41. The number of nitrogens with zero attached hydrogens (tertiary/aromatic N) is 1. The predicted molar refractivity (Wildman–Crippen MR) is 119 cm³/mol. The molecule has 0 bridgehead atoms. The highest BCUT2D eigenvalue weighted by molar-refractivity contribution is 5.85. The van der Waals surface area contributed by atoms with Crippen molar-refractivity contribution in [2.45, 2.75) is 32.0 Å². The lowest BCUT2D eigenvalue weighted by molar-refractivity contribution is -0.300. The first-order chi connectivity index (χ1) is 14.2. The summed E-state index contributed by atoms with van der Waals surface area (Å²) in [5.41, 5.74) is 2.39. The number of ether oxygens (including phenoxy) is 2. The van der Waals surface area contributed by atoms with Crippen LogP contribution in [0.2, 0.25) is 0 Å². The molecule has 6 heteroatoms. The number of aryl methyl sites for hydroxylation is 1. The number of likely N-dealkylation sites (tertiary alicyclic amines) is 1. The van der Waals surface area contributed by atoms with E-state index in [0.717, 1.165) is 49.5 Å². The van der Waals surface area contributed by atoms with E-state index in [2.05, 4.69) is 42.7 Å². The number of hydrogen-bond acceptors (Lipinski definition) is 5. The van der Waals surface area contributed by atoms with Crippen LogP contribution in [0.15, 0.2) is 61.4 Å². The number of hydrogen-bond donors (Lipinski definition) is 0. The highest BCUT2D eigenvalue weighted by Gasteiger charge is 2.31. The molecule has 0 aromatic heterocycles. The van der Waals surface area contributed by atoms with Gasteiger partial charge in [-0.25, -0.2) is 0 Å². The molecule has 2 aliphatic heterocycles. The van der Waals surface area contributed by atoms with Gasteiger partial charge in [0, 0.05) is 6.54 Å². The van der Waals surface area contributed by atoms with Gasteiger partial charge in [-0.2, -0.15) is 4.89 Å². The van der Waals surface area contributed by atoms with E-state index in [1.54, 1.807) is 0 Å². The molecule has 162 valence electrons. The minimum Gasteiger partial charge on any atom is -0.486 e. The van der Waals surface area contributed by atoms with Crippen molar-refractivity contribution in [3.63, 3.8) is 0 Å². The second-order valence-electron chi connectivity index (χ2n) is 7.83. The zero-order valence-corrected chi connectivity index (χ0v) is 18.2. The quantitative estimate of drug-likeness (QED) is 0.346. The number of fused-ring (bicyclic) bond motifs is 1. The Morgan fingerprint density at radius 1 is 1.10 bits per heavy atom. The van der Waals surface area contributed by atoms with Gasteiger partial charge in [0.25, 0.3) is 0 Å². The summed E-state index contributed by atoms with van der Waals surface area (Å²) in [7, 11) is 0. The zero-order valence-electron chi connectivity index (χ0n) is 17.4. The molecule has 2 aromatic carbocycles. The van der Waals surface area contributed by atoms with Crippen LogP contribution in [0.5, 0.6) is 11.5 Å². The molecule has 2 unspecified atom stereocenters. The number of benzene rings is 2. The molecule has 1 saturated heterocycles. The molecule has 0 amide bonds. The van der Waals surface area contributed by atoms with Crippen molar-refractivity contribution >= 4 is 12.4 Å². The summed E-state index contributed by atoms with van der Waals surface area (Å²) in [5, 5.41) is 0. The first-order valence-corrected chi connectivity index (χ1v) is 10.3. The van der Waals surface area contributed by atoms with Gasteiger partial charge in [-0.1, -0.05) is 48.5 Å². The highest BCUT2D eigenvalue weighted by Crippen LogP contribution is 2.35. The van der Waals surface area contributed by atoms with Crippen molar-refractivity contribution in [1.82, 2.24) is 4.90 Å². The number of piperidine rings is 1. The molecule has 0 aliphatic carbocycles. The number of para-hydroxylation sites is 2. The molecule has 5 nitrogen and oxygen atoms in total. The van der Waals surface area contributed by atoms with Gasteiger partial charge < -0.3 is 14.4 Å². The molecule has 2 heterocycles. The van der Waals surface area contributed by atoms with E-state index in [4.69, 9.17) is 19.2 Å². The van der Waals surface area contributed by atoms with Crippen LogP contribution in [-0.2, 0) is 9.78 Å². The molecular formula is C24H30ClNO4. The van der Waals surface area contributed by atoms with E-state index in [1.807, 2.05) is 24.3 Å². The van der Waals surface area contributed by atoms with E-state index in [0.29, 0.717) is 12.5 Å². The van der Waals surface area contributed by atoms with Crippen LogP contribution in [0.25, 0.3) is 0 Å². The van der Waals surface area contributed by atoms with E-state index >= 15 is 0 Å². The lowest BCUT2D eigenvalue weighted by Gasteiger charge is -2.37. The third-order valence-electron chi connectivity index (χ3n) is 5.72. The average Bonchev–Trinajstić information content (AvgIpc) is 2.76. The Morgan fingerprint density at radius 3 is 2.50 bits per heavy atom. The Bertz CT molecular complexity index is 805. The Hall–Kier alpha value is -2.21. The summed E-state index contributed by atoms with van der Waals surface area (Å²) >= 11 is 0. The fraction of sp³-hybridized carbons (Fsp3) is 0.417. The lowest BCUT2D eigenvalue weighted by Crippen LogP contribution is -2.44. The molecule has 0 saturated carbocycles. The molecule has 1 fully saturated rings. The van der Waals surface area contributed by atoms with Crippen LogP contribution in [0.4, 0.5) is 0 Å². The highest BCUT2D eigenvalue weighted by atomic mass is 35.5. The maximum absolute atomic E-state index is 6.12. The third-order valence-corrected chi connectivity index (χ3v) is 5.72. The van der Waals surface area contributed by atoms with Crippen molar-refractivity contribution in [2.75, 3.05) is 26.2 Å². The van der Waals surface area contributed by atoms with Gasteiger partial charge in [0.05, 0.1) is 0 Å². The summed E-state index contributed by atoms with van der Waals surface area (Å²) in [4.78, 5) is 13.3. The summed E-state index contributed by atoms with van der Waals surface area (Å²) in [5.74, 6) is 2.08. The van der Waals surface area contributed by atoms with Gasteiger partial charge in [0.15, 0.2) is 11.5 Å². The molecule has 30 heavy (non-hydrogen) atoms. The van der Waals surface area contributed by atoms with Crippen LogP contribution in [0, 0.1) is 12.8 Å². The average molecular weight is 432 g/mol. The van der Waals surface area contributed by atoms with Crippen molar-refractivity contribution in [3.05, 3.63) is 72.5 Å². The minimum absolute atomic E-state index is 0. The Kier molecular flexibility index (Phi) is 8.02. The normalized spacial score (nSPS) is 20.1. The van der Waals surface area contributed by atoms with Crippen molar-refractivity contribution in [1.29, 1.82) is 0 Å². The van der Waals surface area contributed by atoms with E-state index < -0.39 is 0 Å². The van der Waals surface area contributed by atoms with Crippen LogP contribution >= 0.6 is 12.4 Å². The fourth-order valence-electron chi connectivity index (χ4n) is 4.14. The van der Waals surface area contributed by atoms with Crippen LogP contribution in [0.1, 0.15) is 30.1 Å². The standard InChI is InChI=1S/C24H29NO4.ClH/c1-3-27-29-24(19-10-8-18(2)9-11-19)20-12-14-25(15-13-20)16-21-17-26-22-6-4-5-7-23(22)28-21;/h3-11,20-21,24H,1,12-17H2,2H3;1H. The lowest BCUT2D eigenvalue weighted by atomic mass is 9.87. The maximum atomic E-state index is 6.12. The third kappa shape index (κ3) is 5.48. The molecule has 0 N–H and O–H groups in total. The van der Waals surface area contributed by atoms with Gasteiger partial charge >= 0.3 is 0 Å². The second kappa shape index (κ2) is 10.7. The first kappa shape index (κ1) is 22.5. The van der Waals surface area contributed by atoms with E-state index in [-0.39, 0.29) is 24.6 Å². The first-order valence-electron chi connectivity index (χ1n) is 10.3. The van der Waals surface area contributed by atoms with Gasteiger partial charge in [0.2, 0.25) is 0 Å². The van der Waals surface area contributed by atoms with Gasteiger partial charge in [-0.05, 0) is 56.5 Å². The molecular weight excluding hydrogens is 402 g/mol. The molecule has 0 radical (unpaired) electrons. The molecule has 0 spiro atoms. The predicted octanol–water partition coefficient (Wildman–Crippen LogP) is 5.10. The van der Waals surface area contributed by atoms with Crippen molar-refractivity contribution in [2.24, 2.45) is 5.92 Å². The summed E-state index contributed by atoms with van der Waals surface area (Å²) in [6, 6.07) is 16.4. The van der Waals surface area contributed by atoms with Crippen LogP contribution < -0.4 is 9.47 Å². The van der Waals surface area contributed by atoms with Crippen LogP contribution in [0.3, 0.4) is 0 Å². The Balaban J connectivity index is 0.00000256. The van der Waals surface area contributed by atoms with E-state index in [9.17, 15) is 0 Å². The van der Waals surface area contributed by atoms with Crippen LogP contribution in [-0.4, -0.2) is 37.2 Å². The van der Waals surface area contributed by atoms with Gasteiger partial charge in [-0.3, -0.25) is 4.90 Å².